The Labute approximate surface area is 129 Å². The number of para-hydroxylation sites is 1. The predicted octanol–water partition coefficient (Wildman–Crippen LogP) is -0.0291. The second-order valence-electron chi connectivity index (χ2n) is 2.36. The fraction of sp³-hybridized carbons (Fsp3) is 0. The summed E-state index contributed by atoms with van der Waals surface area (Å²) in [5.41, 5.74) is 8.18. The van der Waals surface area contributed by atoms with Crippen molar-refractivity contribution in [1.82, 2.24) is 9.97 Å². The number of halogens is 1. The Hall–Kier alpha value is 0.455. The van der Waals surface area contributed by atoms with Gasteiger partial charge in [-0.3, -0.25) is 0 Å². The van der Waals surface area contributed by atoms with Gasteiger partial charge in [0.25, 0.3) is 0 Å². The maximum atomic E-state index is 7.47. The van der Waals surface area contributed by atoms with Crippen molar-refractivity contribution in [1.29, 1.82) is 0 Å². The summed E-state index contributed by atoms with van der Waals surface area (Å²) in [4.78, 5) is 7.69. The largest absolute Gasteiger partial charge is 1.00 e. The van der Waals surface area contributed by atoms with Crippen LogP contribution in [-0.4, -0.2) is 9.97 Å². The van der Waals surface area contributed by atoms with Crippen molar-refractivity contribution in [3.63, 3.8) is 0 Å². The summed E-state index contributed by atoms with van der Waals surface area (Å²) in [6, 6.07) is 7.30. The van der Waals surface area contributed by atoms with Crippen molar-refractivity contribution in [3.8, 4) is 0 Å². The molecule has 1 aromatic carbocycles. The average Bonchev–Trinajstić information content (AvgIpc) is 2.04. The summed E-state index contributed by atoms with van der Waals surface area (Å²) in [5, 5.41) is 0.848. The number of aromatic nitrogens is 2. The van der Waals surface area contributed by atoms with Crippen LogP contribution in [0.2, 0.25) is 5.28 Å². The molecule has 1 N–H and O–H groups in total. The summed E-state index contributed by atoms with van der Waals surface area (Å²) in [5.74, 6) is 0.172. The summed E-state index contributed by atoms with van der Waals surface area (Å²) in [6.45, 7) is 0. The van der Waals surface area contributed by atoms with Gasteiger partial charge in [-0.05, 0) is 11.5 Å². The van der Waals surface area contributed by atoms with Crippen LogP contribution < -0.4 is 58.2 Å². The third-order valence-corrected chi connectivity index (χ3v) is 1.74. The SMILES string of the molecule is [NH-]c1nc(Cl)nc2ccccc12.[Rb+]. The van der Waals surface area contributed by atoms with Gasteiger partial charge < -0.3 is 10.7 Å². The number of hydrogen-bond acceptors (Lipinski definition) is 2. The molecule has 0 saturated carbocycles. The van der Waals surface area contributed by atoms with Gasteiger partial charge in [0.05, 0.1) is 5.52 Å². The molecule has 0 unspecified atom stereocenters. The van der Waals surface area contributed by atoms with Crippen molar-refractivity contribution >= 4 is 28.3 Å². The standard InChI is InChI=1S/C8H5ClN3.Rb/c9-8-11-6-4-2-1-3-5(6)7(10)12-8;/h1-4H,(H-,10,11,12);/q-1;+1. The number of nitrogens with zero attached hydrogens (tertiary/aromatic N) is 2. The monoisotopic (exact) mass is 263 g/mol. The molecule has 0 saturated heterocycles. The summed E-state index contributed by atoms with van der Waals surface area (Å²) >= 11 is 5.58. The Bertz CT molecular complexity index is 433. The molecule has 5 heteroatoms. The average molecular weight is 264 g/mol. The molecule has 2 rings (SSSR count). The molecule has 3 nitrogen and oxygen atoms in total. The van der Waals surface area contributed by atoms with Gasteiger partial charge in [-0.25, -0.2) is 4.98 Å². The van der Waals surface area contributed by atoms with Gasteiger partial charge in [-0.2, -0.15) is 0 Å². The molecular formula is C8H5ClN3Rb. The van der Waals surface area contributed by atoms with Crippen LogP contribution in [0.5, 0.6) is 0 Å². The van der Waals surface area contributed by atoms with Crippen LogP contribution in [-0.2, 0) is 0 Å². The Balaban J connectivity index is 0.000000845. The van der Waals surface area contributed by atoms with Crippen LogP contribution in [0.4, 0.5) is 5.82 Å². The molecule has 1 heterocycles. The van der Waals surface area contributed by atoms with E-state index in [9.17, 15) is 0 Å². The van der Waals surface area contributed by atoms with E-state index in [1.165, 1.54) is 0 Å². The molecule has 0 spiro atoms. The maximum Gasteiger partial charge on any atom is 1.00 e. The molecule has 0 aliphatic heterocycles. The van der Waals surface area contributed by atoms with Crippen molar-refractivity contribution < 1.29 is 58.2 Å². The van der Waals surface area contributed by atoms with Crippen LogP contribution in [0.15, 0.2) is 24.3 Å². The first-order valence-electron chi connectivity index (χ1n) is 3.41. The Morgan fingerprint density at radius 1 is 1.15 bits per heavy atom. The molecule has 0 amide bonds. The van der Waals surface area contributed by atoms with Gasteiger partial charge in [0.15, 0.2) is 0 Å². The van der Waals surface area contributed by atoms with Crippen molar-refractivity contribution in [2.24, 2.45) is 0 Å². The smallest absolute Gasteiger partial charge is 0.481 e. The molecule has 0 radical (unpaired) electrons. The van der Waals surface area contributed by atoms with E-state index >= 15 is 0 Å². The number of hydrogen-bond donors (Lipinski definition) is 0. The van der Waals surface area contributed by atoms with Gasteiger partial charge in [-0.15, -0.1) is 0 Å². The van der Waals surface area contributed by atoms with E-state index in [0.29, 0.717) is 5.52 Å². The number of nitrogens with one attached hydrogen (secondary N) is 1. The summed E-state index contributed by atoms with van der Waals surface area (Å²) in [6.07, 6.45) is 0. The molecule has 0 aliphatic carbocycles. The first kappa shape index (κ1) is 11.5. The first-order chi connectivity index (χ1) is 5.77. The van der Waals surface area contributed by atoms with Gasteiger partial charge in [0.2, 0.25) is 0 Å². The van der Waals surface area contributed by atoms with E-state index < -0.39 is 0 Å². The fourth-order valence-corrected chi connectivity index (χ4v) is 1.22. The van der Waals surface area contributed by atoms with Crippen molar-refractivity contribution in [2.75, 3.05) is 0 Å². The van der Waals surface area contributed by atoms with E-state index in [4.69, 9.17) is 17.3 Å². The molecule has 1 aromatic heterocycles. The third-order valence-electron chi connectivity index (χ3n) is 1.58. The number of rotatable bonds is 0. The minimum absolute atomic E-state index is 0. The number of benzene rings is 1. The van der Waals surface area contributed by atoms with Crippen LogP contribution in [0.25, 0.3) is 16.6 Å². The molecule has 13 heavy (non-hydrogen) atoms. The van der Waals surface area contributed by atoms with E-state index in [1.54, 1.807) is 12.1 Å². The molecule has 0 aliphatic rings. The maximum absolute atomic E-state index is 7.47. The van der Waals surface area contributed by atoms with E-state index in [2.05, 4.69) is 9.97 Å². The Kier molecular flexibility index (Phi) is 4.26. The van der Waals surface area contributed by atoms with Crippen LogP contribution in [0, 0.1) is 0 Å². The van der Waals surface area contributed by atoms with E-state index in [-0.39, 0.29) is 69.3 Å². The molecular weight excluding hydrogens is 259 g/mol. The zero-order valence-corrected chi connectivity index (χ0v) is 12.8. The quantitative estimate of drug-likeness (QED) is 0.627. The zero-order chi connectivity index (χ0) is 8.55. The Morgan fingerprint density at radius 2 is 1.85 bits per heavy atom. The Morgan fingerprint density at radius 3 is 2.62 bits per heavy atom. The minimum atomic E-state index is 0. The van der Waals surface area contributed by atoms with Gasteiger partial charge in [-0.1, -0.05) is 35.6 Å². The minimum Gasteiger partial charge on any atom is -0.481 e. The second-order valence-corrected chi connectivity index (χ2v) is 2.70. The molecule has 60 valence electrons. The molecule has 0 atom stereocenters. The normalized spacial score (nSPS) is 9.62. The van der Waals surface area contributed by atoms with Gasteiger partial charge >= 0.3 is 58.2 Å². The van der Waals surface area contributed by atoms with Crippen molar-refractivity contribution in [3.05, 3.63) is 35.3 Å². The van der Waals surface area contributed by atoms with Crippen LogP contribution in [0.1, 0.15) is 0 Å². The second kappa shape index (κ2) is 4.80. The summed E-state index contributed by atoms with van der Waals surface area (Å²) < 4.78 is 0. The first-order valence-corrected chi connectivity index (χ1v) is 3.79. The number of fused-ring (bicyclic) bond motifs is 1. The fourth-order valence-electron chi connectivity index (χ4n) is 1.05. The third kappa shape index (κ3) is 2.47. The topological polar surface area (TPSA) is 49.6 Å². The molecule has 0 fully saturated rings. The molecule has 2 aromatic rings. The zero-order valence-electron chi connectivity index (χ0n) is 7.08. The molecule has 0 bridgehead atoms. The van der Waals surface area contributed by atoms with Crippen LogP contribution >= 0.6 is 11.6 Å². The van der Waals surface area contributed by atoms with Crippen LogP contribution in [0.3, 0.4) is 0 Å². The predicted molar refractivity (Wildman–Crippen MR) is 48.5 cm³/mol. The van der Waals surface area contributed by atoms with E-state index in [0.717, 1.165) is 5.39 Å². The van der Waals surface area contributed by atoms with E-state index in [1.807, 2.05) is 12.1 Å². The van der Waals surface area contributed by atoms with Gasteiger partial charge in [0, 0.05) is 0 Å². The summed E-state index contributed by atoms with van der Waals surface area (Å²) in [7, 11) is 0. The van der Waals surface area contributed by atoms with Crippen molar-refractivity contribution in [2.45, 2.75) is 0 Å². The van der Waals surface area contributed by atoms with Gasteiger partial charge in [0.1, 0.15) is 5.28 Å².